The van der Waals surface area contributed by atoms with E-state index < -0.39 is 24.5 Å². The summed E-state index contributed by atoms with van der Waals surface area (Å²) in [6, 6.07) is 36.4. The molecule has 0 saturated heterocycles. The van der Waals surface area contributed by atoms with Gasteiger partial charge in [0.15, 0.2) is 0 Å². The third kappa shape index (κ3) is 26.1. The molecule has 1 saturated carbocycles. The normalized spacial score (nSPS) is 11.9. The first-order valence-corrected chi connectivity index (χ1v) is 49.4. The highest BCUT2D eigenvalue weighted by molar-refractivity contribution is 14.1. The highest BCUT2D eigenvalue weighted by Gasteiger charge is 2.30. The first-order chi connectivity index (χ1) is 62.4. The number of hydrogen-bond acceptors (Lipinski definition) is 23. The first-order valence-electron chi connectivity index (χ1n) is 39.9. The lowest BCUT2D eigenvalue weighted by Crippen LogP contribution is -2.30. The van der Waals surface area contributed by atoms with Crippen molar-refractivity contribution in [1.29, 1.82) is 0 Å². The van der Waals surface area contributed by atoms with E-state index in [0.29, 0.717) is 114 Å². The zero-order chi connectivity index (χ0) is 93.1. The SMILES string of the molecule is CCONC(=O)c1c(Cc2ccc(I)cc2F)sc2nccc(C)c12.CONC(=O)c1c(Cc2ccc(I)cc2F)sc2nccc(C)c12.Cc1ccc2c(C(=O)NOC[C@@H](O)CO)c(Cc3ccc(I)cc3F)sc2n1.Cc1ccnc2sc(Cc3ccc(I)cc3F)c(C(=O)NOCC3CC3)c12.Cc1ccnc2sc(Cc3ccc(I)cc3F)c(C(=O)NOCCO)c12. The zero-order valence-electron chi connectivity index (χ0n) is 70.3. The predicted molar refractivity (Wildman–Crippen MR) is 538 cm³/mol. The second kappa shape index (κ2) is 47.7. The van der Waals surface area contributed by atoms with Crippen molar-refractivity contribution >= 4 is 250 Å². The molecule has 130 heavy (non-hydrogen) atoms. The van der Waals surface area contributed by atoms with E-state index in [-0.39, 0.29) is 79.5 Å². The second-order valence-electron chi connectivity index (χ2n) is 29.4. The Morgan fingerprint density at radius 3 is 1.04 bits per heavy atom. The molecular formula is C92H82F5I5N10O13S5. The maximum absolute atomic E-state index is 14.4. The molecule has 10 heterocycles. The predicted octanol–water partition coefficient (Wildman–Crippen LogP) is 20.4. The van der Waals surface area contributed by atoms with Crippen LogP contribution in [-0.2, 0) is 56.3 Å². The summed E-state index contributed by atoms with van der Waals surface area (Å²) in [7, 11) is 1.38. The molecule has 23 nitrogen and oxygen atoms in total. The van der Waals surface area contributed by atoms with Crippen LogP contribution in [0.2, 0.25) is 0 Å². The lowest BCUT2D eigenvalue weighted by Gasteiger charge is -2.10. The van der Waals surface area contributed by atoms with Crippen molar-refractivity contribution in [2.45, 2.75) is 92.6 Å². The van der Waals surface area contributed by atoms with Crippen LogP contribution in [0.3, 0.4) is 0 Å². The average Bonchev–Trinajstić information content (AvgIpc) is 1.65. The Morgan fingerprint density at radius 1 is 0.415 bits per heavy atom. The number of aliphatic hydroxyl groups is 3. The molecule has 16 rings (SSSR count). The van der Waals surface area contributed by atoms with Crippen LogP contribution in [0, 0.1) is 87.5 Å². The Kier molecular flexibility index (Phi) is 37.1. The first kappa shape index (κ1) is 101. The van der Waals surface area contributed by atoms with Gasteiger partial charge in [-0.1, -0.05) is 30.3 Å². The Balaban J connectivity index is 0.000000147. The molecule has 0 aliphatic heterocycles. The minimum Gasteiger partial charge on any atom is -0.394 e. The number of benzene rings is 5. The number of hydrogen-bond donors (Lipinski definition) is 8. The van der Waals surface area contributed by atoms with E-state index in [2.05, 4.69) is 143 Å². The Bertz CT molecular complexity index is 6680. The molecule has 8 N–H and O–H groups in total. The van der Waals surface area contributed by atoms with Gasteiger partial charge in [0.1, 0.15) is 65.9 Å². The maximum Gasteiger partial charge on any atom is 0.276 e. The van der Waals surface area contributed by atoms with Crippen molar-refractivity contribution in [3.05, 3.63) is 307 Å². The van der Waals surface area contributed by atoms with Crippen LogP contribution in [0.4, 0.5) is 22.0 Å². The van der Waals surface area contributed by atoms with Gasteiger partial charge in [0.2, 0.25) is 0 Å². The summed E-state index contributed by atoms with van der Waals surface area (Å²) in [4.78, 5) is 118. The van der Waals surface area contributed by atoms with Crippen LogP contribution in [0.1, 0.15) is 152 Å². The Labute approximate surface area is 831 Å². The van der Waals surface area contributed by atoms with Gasteiger partial charge in [-0.05, 0) is 320 Å². The Hall–Kier alpha value is -8.02. The van der Waals surface area contributed by atoms with Crippen molar-refractivity contribution in [3.8, 4) is 0 Å². The molecule has 5 amide bonds. The molecular weight excluding hydrogens is 2340 g/mol. The molecule has 0 unspecified atom stereocenters. The fourth-order valence-corrected chi connectivity index (χ4v) is 21.9. The number of nitrogens with one attached hydrogen (secondary N) is 5. The highest BCUT2D eigenvalue weighted by atomic mass is 127. The molecule has 38 heteroatoms. The van der Waals surface area contributed by atoms with Crippen molar-refractivity contribution in [3.63, 3.8) is 0 Å². The number of fused-ring (bicyclic) bond motifs is 5. The quantitative estimate of drug-likeness (QED) is 0.00977. The molecule has 0 spiro atoms. The largest absolute Gasteiger partial charge is 0.394 e. The number of pyridine rings is 5. The van der Waals surface area contributed by atoms with Gasteiger partial charge in [0, 0.05) is 132 Å². The average molecular weight is 2430 g/mol. The topological polar surface area (TPSA) is 317 Å². The number of halogens is 10. The molecule has 1 atom stereocenters. The molecule has 10 aromatic heterocycles. The summed E-state index contributed by atoms with van der Waals surface area (Å²) in [6.07, 6.45) is 9.58. The fourth-order valence-electron chi connectivity index (χ4n) is 13.4. The van der Waals surface area contributed by atoms with E-state index in [1.54, 1.807) is 74.2 Å². The van der Waals surface area contributed by atoms with Crippen molar-refractivity contribution < 1.29 is 85.4 Å². The van der Waals surface area contributed by atoms with Crippen LogP contribution < -0.4 is 27.4 Å². The molecule has 1 aliphatic rings. The van der Waals surface area contributed by atoms with E-state index in [0.717, 1.165) is 114 Å². The minimum absolute atomic E-state index is 0.00781. The summed E-state index contributed by atoms with van der Waals surface area (Å²) in [5.74, 6) is -2.81. The summed E-state index contributed by atoms with van der Waals surface area (Å²) < 4.78 is 75.6. The van der Waals surface area contributed by atoms with E-state index in [1.165, 1.54) is 94.1 Å². The van der Waals surface area contributed by atoms with E-state index in [9.17, 15) is 51.0 Å². The van der Waals surface area contributed by atoms with E-state index in [1.807, 2.05) is 112 Å². The Morgan fingerprint density at radius 2 is 0.723 bits per heavy atom. The molecule has 5 aromatic carbocycles. The number of aliphatic hydroxyl groups excluding tert-OH is 3. The number of amides is 5. The van der Waals surface area contributed by atoms with Gasteiger partial charge in [-0.25, -0.2) is 74.3 Å². The monoisotopic (exact) mass is 2420 g/mol. The number of hydroxylamine groups is 5. The van der Waals surface area contributed by atoms with Crippen LogP contribution in [-0.4, -0.2) is 123 Å². The fraction of sp³-hybridized carbons (Fsp3) is 0.239. The van der Waals surface area contributed by atoms with Gasteiger partial charge in [-0.15, -0.1) is 56.7 Å². The minimum atomic E-state index is -1.09. The van der Waals surface area contributed by atoms with E-state index in [4.69, 9.17) is 34.4 Å². The van der Waals surface area contributed by atoms with Crippen LogP contribution >= 0.6 is 170 Å². The zero-order valence-corrected chi connectivity index (χ0v) is 85.1. The number of nitrogens with zero attached hydrogens (tertiary/aromatic N) is 5. The molecule has 1 fully saturated rings. The number of carbonyl (C=O) groups excluding carboxylic acids is 5. The number of aromatic nitrogens is 5. The second-order valence-corrected chi connectivity index (χ2v) is 41.0. The standard InChI is InChI=1S/C20H18FIN2O2S.C19H18FIN2O4S.C18H16FIN2O3S.C18H16FIN2O2S.C17H14FIN2O2S/c1-11-6-7-23-20-17(11)18(19(25)24-26-10-12-2-3-12)16(27-20)8-13-4-5-14(22)9-15(13)21;1-10-2-5-14-17(18(26)23-27-9-13(25)8-24)16(28-19(14)22-10)6-11-3-4-12(21)7-15(11)20;1-10-4-5-21-18-15(10)16(17(24)22-25-7-6-23)14(26-18)8-11-2-3-12(20)9-13(11)19;1-3-24-22-17(23)16-14(8-11-4-5-12(20)9-13(11)19)25-18-15(16)10(2)6-7-21-18;1-9-5-6-20-17-14(9)15(16(22)21-23-2)13(24-17)7-10-3-4-11(19)8-12(10)18/h4-7,9,12H,2-3,8,10H2,1H3,(H,24,25);2-5,7,13,24-25H,6,8-9H2,1H3,(H,23,26);2-5,9,23H,6-8H2,1H3,(H,22,24);4-7,9H,3,8H2,1-2H3,(H,22,23);3-6,8H,7H2,1-2H3,(H,21,22)/t;13-;;;/m.0.../s1. The molecule has 15 aromatic rings. The van der Waals surface area contributed by atoms with Crippen LogP contribution in [0.15, 0.2) is 152 Å². The molecule has 0 radical (unpaired) electrons. The lowest BCUT2D eigenvalue weighted by molar-refractivity contribution is -0.0294. The van der Waals surface area contributed by atoms with Crippen molar-refractivity contribution in [2.75, 3.05) is 46.8 Å². The van der Waals surface area contributed by atoms with Crippen molar-refractivity contribution in [2.24, 2.45) is 5.92 Å². The number of carbonyl (C=O) groups is 5. The number of rotatable bonds is 28. The van der Waals surface area contributed by atoms with Gasteiger partial charge in [0.25, 0.3) is 29.5 Å². The third-order valence-electron chi connectivity index (χ3n) is 19.9. The van der Waals surface area contributed by atoms with Gasteiger partial charge >= 0.3 is 0 Å². The lowest BCUT2D eigenvalue weighted by atomic mass is 10.0. The number of aryl methyl sites for hydroxylation is 5. The van der Waals surface area contributed by atoms with Crippen molar-refractivity contribution in [1.82, 2.24) is 52.3 Å². The highest BCUT2D eigenvalue weighted by Crippen LogP contribution is 2.41. The van der Waals surface area contributed by atoms with Gasteiger partial charge < -0.3 is 15.3 Å². The maximum atomic E-state index is 14.4. The number of thiophene rings is 5. The van der Waals surface area contributed by atoms with E-state index >= 15 is 0 Å². The van der Waals surface area contributed by atoms with Crippen LogP contribution in [0.5, 0.6) is 0 Å². The summed E-state index contributed by atoms with van der Waals surface area (Å²) >= 11 is 17.3. The summed E-state index contributed by atoms with van der Waals surface area (Å²) in [5, 5.41) is 30.7. The molecule has 1 aliphatic carbocycles. The summed E-state index contributed by atoms with van der Waals surface area (Å²) in [6.45, 7) is 11.3. The summed E-state index contributed by atoms with van der Waals surface area (Å²) in [5.41, 5.74) is 21.6. The smallest absolute Gasteiger partial charge is 0.276 e. The molecule has 0 bridgehead atoms. The van der Waals surface area contributed by atoms with Gasteiger partial charge in [-0.3, -0.25) is 48.2 Å². The van der Waals surface area contributed by atoms with Crippen LogP contribution in [0.25, 0.3) is 51.1 Å². The van der Waals surface area contributed by atoms with Gasteiger partial charge in [0.05, 0.1) is 68.0 Å². The van der Waals surface area contributed by atoms with Gasteiger partial charge in [-0.2, -0.15) is 0 Å². The third-order valence-corrected chi connectivity index (χ3v) is 28.8. The molecule has 678 valence electrons.